The predicted octanol–water partition coefficient (Wildman–Crippen LogP) is 4.26. The maximum absolute atomic E-state index is 6.19. The quantitative estimate of drug-likeness (QED) is 0.579. The van der Waals surface area contributed by atoms with Crippen LogP contribution in [-0.2, 0) is 10.2 Å². The molecule has 1 fully saturated rings. The van der Waals surface area contributed by atoms with Gasteiger partial charge in [0.1, 0.15) is 5.75 Å². The number of ether oxygens (including phenoxy) is 2. The minimum Gasteiger partial charge on any atom is -0.491 e. The molecule has 28 heavy (non-hydrogen) atoms. The lowest BCUT2D eigenvalue weighted by atomic mass is 9.72. The summed E-state index contributed by atoms with van der Waals surface area (Å²) in [5, 5.41) is 3.19. The van der Waals surface area contributed by atoms with Gasteiger partial charge in [0.2, 0.25) is 0 Å². The van der Waals surface area contributed by atoms with Crippen molar-refractivity contribution in [3.8, 4) is 5.75 Å². The number of anilines is 1. The molecule has 1 heterocycles. The Hall–Kier alpha value is -2.53. The molecule has 1 aliphatic rings. The minimum atomic E-state index is -0.0230. The first-order valence-corrected chi connectivity index (χ1v) is 9.96. The summed E-state index contributed by atoms with van der Waals surface area (Å²) in [6.07, 6.45) is 2.06. The number of aryl methyl sites for hydroxylation is 1. The molecule has 0 bridgehead atoms. The van der Waals surface area contributed by atoms with Crippen molar-refractivity contribution in [1.29, 1.82) is 0 Å². The van der Waals surface area contributed by atoms with E-state index in [-0.39, 0.29) is 11.5 Å². The van der Waals surface area contributed by atoms with E-state index >= 15 is 0 Å². The highest BCUT2D eigenvalue weighted by molar-refractivity contribution is 5.92. The van der Waals surface area contributed by atoms with Crippen LogP contribution in [0.25, 0.3) is 0 Å². The second-order valence-electron chi connectivity index (χ2n) is 7.73. The van der Waals surface area contributed by atoms with E-state index in [0.29, 0.717) is 12.5 Å². The summed E-state index contributed by atoms with van der Waals surface area (Å²) in [6, 6.07) is 16.3. The fourth-order valence-corrected chi connectivity index (χ4v) is 3.76. The van der Waals surface area contributed by atoms with Crippen LogP contribution >= 0.6 is 0 Å². The Bertz CT molecular complexity index is 794. The van der Waals surface area contributed by atoms with Crippen LogP contribution in [0, 0.1) is 6.92 Å². The molecule has 5 heteroatoms. The number of aliphatic imine (C=N–C) groups is 1. The molecule has 0 amide bonds. The Morgan fingerprint density at radius 1 is 1.14 bits per heavy atom. The van der Waals surface area contributed by atoms with E-state index in [1.54, 1.807) is 0 Å². The van der Waals surface area contributed by atoms with E-state index in [0.717, 1.165) is 37.5 Å². The van der Waals surface area contributed by atoms with Crippen molar-refractivity contribution in [2.45, 2.75) is 45.1 Å². The smallest absolute Gasteiger partial charge is 0.193 e. The summed E-state index contributed by atoms with van der Waals surface area (Å²) in [5.41, 5.74) is 9.72. The number of benzene rings is 2. The maximum Gasteiger partial charge on any atom is 0.193 e. The van der Waals surface area contributed by atoms with Crippen molar-refractivity contribution in [1.82, 2.24) is 0 Å². The lowest BCUT2D eigenvalue weighted by Gasteiger charge is -2.37. The van der Waals surface area contributed by atoms with Gasteiger partial charge in [-0.15, -0.1) is 0 Å². The molecule has 5 nitrogen and oxygen atoms in total. The van der Waals surface area contributed by atoms with Gasteiger partial charge in [-0.1, -0.05) is 24.3 Å². The van der Waals surface area contributed by atoms with Crippen LogP contribution in [0.3, 0.4) is 0 Å². The van der Waals surface area contributed by atoms with Crippen molar-refractivity contribution in [2.75, 3.05) is 25.1 Å². The zero-order chi connectivity index (χ0) is 20.0. The van der Waals surface area contributed by atoms with E-state index < -0.39 is 0 Å². The van der Waals surface area contributed by atoms with Crippen LogP contribution < -0.4 is 15.8 Å². The first-order valence-electron chi connectivity index (χ1n) is 9.96. The molecule has 1 aliphatic heterocycles. The number of hydrogen-bond donors (Lipinski definition) is 2. The molecule has 0 saturated carbocycles. The number of rotatable bonds is 6. The Labute approximate surface area is 168 Å². The van der Waals surface area contributed by atoms with Gasteiger partial charge in [0, 0.05) is 24.3 Å². The third-order valence-electron chi connectivity index (χ3n) is 5.22. The van der Waals surface area contributed by atoms with Crippen molar-refractivity contribution >= 4 is 11.6 Å². The number of guanidine groups is 1. The van der Waals surface area contributed by atoms with E-state index in [4.69, 9.17) is 20.2 Å². The third-order valence-corrected chi connectivity index (χ3v) is 5.22. The van der Waals surface area contributed by atoms with Crippen molar-refractivity contribution in [3.05, 3.63) is 59.7 Å². The SMILES string of the molecule is Cc1ccccc1C1(CN=C(N)Nc2ccc(OC(C)C)cc2)CCOCC1. The topological polar surface area (TPSA) is 68.9 Å². The van der Waals surface area contributed by atoms with Crippen molar-refractivity contribution < 1.29 is 9.47 Å². The maximum atomic E-state index is 6.19. The zero-order valence-electron chi connectivity index (χ0n) is 17.1. The summed E-state index contributed by atoms with van der Waals surface area (Å²) in [7, 11) is 0. The summed E-state index contributed by atoms with van der Waals surface area (Å²) in [6.45, 7) is 8.35. The fraction of sp³-hybridized carbons (Fsp3) is 0.435. The standard InChI is InChI=1S/C23H31N3O2/c1-17(2)28-20-10-8-19(9-11-20)26-22(24)25-16-23(12-14-27-15-13-23)21-7-5-4-6-18(21)3/h4-11,17H,12-16H2,1-3H3,(H3,24,25,26). The van der Waals surface area contributed by atoms with Crippen LogP contribution in [0.2, 0.25) is 0 Å². The molecular formula is C23H31N3O2. The lowest BCUT2D eigenvalue weighted by molar-refractivity contribution is 0.0529. The van der Waals surface area contributed by atoms with E-state index in [1.165, 1.54) is 11.1 Å². The molecule has 0 aliphatic carbocycles. The van der Waals surface area contributed by atoms with Gasteiger partial charge in [-0.2, -0.15) is 0 Å². The van der Waals surface area contributed by atoms with E-state index in [1.807, 2.05) is 38.1 Å². The Balaban J connectivity index is 1.71. The highest BCUT2D eigenvalue weighted by atomic mass is 16.5. The van der Waals surface area contributed by atoms with Gasteiger partial charge in [-0.05, 0) is 69.0 Å². The number of hydrogen-bond acceptors (Lipinski definition) is 3. The summed E-state index contributed by atoms with van der Waals surface area (Å²) < 4.78 is 11.3. The highest BCUT2D eigenvalue weighted by Gasteiger charge is 2.35. The molecule has 0 atom stereocenters. The van der Waals surface area contributed by atoms with Crippen LogP contribution in [0.15, 0.2) is 53.5 Å². The van der Waals surface area contributed by atoms with Gasteiger partial charge in [-0.25, -0.2) is 0 Å². The molecule has 3 rings (SSSR count). The predicted molar refractivity (Wildman–Crippen MR) is 115 cm³/mol. The van der Waals surface area contributed by atoms with Crippen LogP contribution in [-0.4, -0.2) is 31.8 Å². The summed E-state index contributed by atoms with van der Waals surface area (Å²) >= 11 is 0. The molecule has 1 saturated heterocycles. The summed E-state index contributed by atoms with van der Waals surface area (Å²) in [4.78, 5) is 4.70. The van der Waals surface area contributed by atoms with Gasteiger partial charge in [-0.3, -0.25) is 4.99 Å². The minimum absolute atomic E-state index is 0.0230. The Morgan fingerprint density at radius 3 is 2.46 bits per heavy atom. The average Bonchev–Trinajstić information content (AvgIpc) is 2.69. The Morgan fingerprint density at radius 2 is 1.82 bits per heavy atom. The van der Waals surface area contributed by atoms with Crippen LogP contribution in [0.4, 0.5) is 5.69 Å². The van der Waals surface area contributed by atoms with Gasteiger partial charge < -0.3 is 20.5 Å². The first-order chi connectivity index (χ1) is 13.5. The van der Waals surface area contributed by atoms with Gasteiger partial charge in [0.25, 0.3) is 0 Å². The number of nitrogens with one attached hydrogen (secondary N) is 1. The molecule has 150 valence electrons. The van der Waals surface area contributed by atoms with Crippen LogP contribution in [0.5, 0.6) is 5.75 Å². The largest absolute Gasteiger partial charge is 0.491 e. The zero-order valence-corrected chi connectivity index (χ0v) is 17.1. The van der Waals surface area contributed by atoms with Gasteiger partial charge >= 0.3 is 0 Å². The molecule has 0 unspecified atom stereocenters. The van der Waals surface area contributed by atoms with E-state index in [2.05, 4.69) is 36.5 Å². The molecular weight excluding hydrogens is 350 g/mol. The number of nitrogens with zero attached hydrogens (tertiary/aromatic N) is 1. The Kier molecular flexibility index (Phi) is 6.57. The molecule has 0 aromatic heterocycles. The summed E-state index contributed by atoms with van der Waals surface area (Å²) in [5.74, 6) is 1.27. The van der Waals surface area contributed by atoms with Crippen molar-refractivity contribution in [3.63, 3.8) is 0 Å². The molecule has 2 aromatic carbocycles. The third kappa shape index (κ3) is 5.04. The second-order valence-corrected chi connectivity index (χ2v) is 7.73. The van der Waals surface area contributed by atoms with Gasteiger partial charge in [0.15, 0.2) is 5.96 Å². The van der Waals surface area contributed by atoms with Crippen LogP contribution in [0.1, 0.15) is 37.8 Å². The van der Waals surface area contributed by atoms with Crippen molar-refractivity contribution in [2.24, 2.45) is 10.7 Å². The normalized spacial score (nSPS) is 16.8. The highest BCUT2D eigenvalue weighted by Crippen LogP contribution is 2.37. The van der Waals surface area contributed by atoms with Gasteiger partial charge in [0.05, 0.1) is 12.6 Å². The second kappa shape index (κ2) is 9.11. The molecule has 0 spiro atoms. The first kappa shape index (κ1) is 20.2. The molecule has 3 N–H and O–H groups in total. The molecule has 2 aromatic rings. The number of nitrogens with two attached hydrogens (primary N) is 1. The molecule has 0 radical (unpaired) electrons. The lowest BCUT2D eigenvalue weighted by Crippen LogP contribution is -2.38. The fourth-order valence-electron chi connectivity index (χ4n) is 3.76. The monoisotopic (exact) mass is 381 g/mol. The van der Waals surface area contributed by atoms with E-state index in [9.17, 15) is 0 Å². The average molecular weight is 382 g/mol.